The molecule has 3 aromatic carbocycles. The fraction of sp³-hybridized carbons (Fsp3) is 0.185. The molecular weight excluding hydrogens is 555 g/mol. The van der Waals surface area contributed by atoms with E-state index in [-0.39, 0.29) is 23.3 Å². The summed E-state index contributed by atoms with van der Waals surface area (Å²) in [6.45, 7) is 6.05. The maximum absolute atomic E-state index is 12.6. The predicted molar refractivity (Wildman–Crippen MR) is 163 cm³/mol. The van der Waals surface area contributed by atoms with Crippen LogP contribution in [-0.4, -0.2) is 33.3 Å². The predicted octanol–water partition coefficient (Wildman–Crippen LogP) is 6.88. The van der Waals surface area contributed by atoms with Crippen molar-refractivity contribution in [1.29, 1.82) is 0 Å². The van der Waals surface area contributed by atoms with Gasteiger partial charge in [0, 0.05) is 17.1 Å². The number of thiazole rings is 2. The molecule has 2 heterocycles. The highest BCUT2D eigenvalue weighted by atomic mass is 32.2. The zero-order valence-electron chi connectivity index (χ0n) is 21.0. The van der Waals surface area contributed by atoms with E-state index in [1.807, 2.05) is 57.2 Å². The first-order valence-corrected chi connectivity index (χ1v) is 15.3. The summed E-state index contributed by atoms with van der Waals surface area (Å²) in [6.07, 6.45) is 0. The van der Waals surface area contributed by atoms with E-state index in [1.165, 1.54) is 51.8 Å². The van der Waals surface area contributed by atoms with Gasteiger partial charge in [0.2, 0.25) is 11.8 Å². The highest BCUT2D eigenvalue weighted by molar-refractivity contribution is 8.02. The fourth-order valence-corrected chi connectivity index (χ4v) is 7.85. The average Bonchev–Trinajstić information content (AvgIpc) is 3.46. The van der Waals surface area contributed by atoms with Gasteiger partial charge in [-0.2, -0.15) is 0 Å². The number of nitrogens with two attached hydrogens (primary N) is 1. The number of thioether (sulfide) groups is 2. The molecule has 5 aromatic rings. The topological polar surface area (TPSA) is 110 Å². The molecule has 2 aromatic heterocycles. The van der Waals surface area contributed by atoms with Crippen molar-refractivity contribution in [1.82, 2.24) is 9.97 Å². The van der Waals surface area contributed by atoms with Crippen molar-refractivity contribution in [3.63, 3.8) is 0 Å². The van der Waals surface area contributed by atoms with Gasteiger partial charge in [-0.15, -0.1) is 22.7 Å². The second kappa shape index (κ2) is 11.3. The summed E-state index contributed by atoms with van der Waals surface area (Å²) in [5, 5.41) is 5.99. The Morgan fingerprint density at radius 3 is 1.97 bits per heavy atom. The molecule has 0 unspecified atom stereocenters. The lowest BCUT2D eigenvalue weighted by Crippen LogP contribution is -2.15. The number of fused-ring (bicyclic) bond motifs is 2. The van der Waals surface area contributed by atoms with Gasteiger partial charge in [-0.1, -0.05) is 41.2 Å². The summed E-state index contributed by atoms with van der Waals surface area (Å²) in [5.74, 6) is 0.356. The number of aryl methyl sites for hydroxylation is 3. The molecule has 5 rings (SSSR count). The highest BCUT2D eigenvalue weighted by Crippen LogP contribution is 2.33. The van der Waals surface area contributed by atoms with Gasteiger partial charge >= 0.3 is 0 Å². The third kappa shape index (κ3) is 6.29. The highest BCUT2D eigenvalue weighted by Gasteiger charge is 2.13. The molecule has 194 valence electrons. The van der Waals surface area contributed by atoms with E-state index in [9.17, 15) is 9.59 Å². The number of carbonyl (C=O) groups is 2. The first kappa shape index (κ1) is 26.5. The minimum absolute atomic E-state index is 0.0636. The standard InChI is InChI=1S/C27H25N5O2S4/c1-14-8-15(2)25(16(3)9-14)32-24(34)13-36-27-31-20-7-5-18(11-22(20)38-27)29-23(33)12-35-26-30-19-6-4-17(28)10-21(19)37-26/h4-11H,12-13,28H2,1-3H3,(H,29,33)(H,32,34). The first-order valence-electron chi connectivity index (χ1n) is 11.7. The summed E-state index contributed by atoms with van der Waals surface area (Å²) in [5.41, 5.74) is 13.1. The van der Waals surface area contributed by atoms with E-state index in [0.29, 0.717) is 11.4 Å². The van der Waals surface area contributed by atoms with Crippen molar-refractivity contribution in [2.24, 2.45) is 0 Å². The number of hydrogen-bond acceptors (Lipinski definition) is 9. The molecule has 0 bridgehead atoms. The van der Waals surface area contributed by atoms with Crippen molar-refractivity contribution < 1.29 is 9.59 Å². The van der Waals surface area contributed by atoms with Gasteiger partial charge in [-0.25, -0.2) is 9.97 Å². The van der Waals surface area contributed by atoms with Gasteiger partial charge in [-0.3, -0.25) is 9.59 Å². The van der Waals surface area contributed by atoms with E-state index in [0.717, 1.165) is 45.9 Å². The summed E-state index contributed by atoms with van der Waals surface area (Å²) in [7, 11) is 0. The van der Waals surface area contributed by atoms with Crippen LogP contribution in [0.5, 0.6) is 0 Å². The van der Waals surface area contributed by atoms with Crippen LogP contribution in [0, 0.1) is 20.8 Å². The molecule has 0 fully saturated rings. The van der Waals surface area contributed by atoms with Crippen LogP contribution in [0.4, 0.5) is 17.1 Å². The van der Waals surface area contributed by atoms with E-state index < -0.39 is 0 Å². The monoisotopic (exact) mass is 579 g/mol. The fourth-order valence-electron chi connectivity index (χ4n) is 4.03. The minimum Gasteiger partial charge on any atom is -0.399 e. The SMILES string of the molecule is Cc1cc(C)c(NC(=O)CSc2nc3ccc(NC(=O)CSc4nc5ccc(N)cc5s4)cc3s2)c(C)c1. The summed E-state index contributed by atoms with van der Waals surface area (Å²) >= 11 is 5.84. The van der Waals surface area contributed by atoms with Crippen molar-refractivity contribution in [3.05, 3.63) is 65.2 Å². The zero-order chi connectivity index (χ0) is 26.8. The largest absolute Gasteiger partial charge is 0.399 e. The van der Waals surface area contributed by atoms with Crippen LogP contribution in [0.2, 0.25) is 0 Å². The number of rotatable bonds is 8. The maximum atomic E-state index is 12.6. The molecular formula is C27H25N5O2S4. The van der Waals surface area contributed by atoms with Gasteiger partial charge in [0.1, 0.15) is 0 Å². The smallest absolute Gasteiger partial charge is 0.234 e. The number of anilines is 3. The number of nitrogens with one attached hydrogen (secondary N) is 2. The Labute approximate surface area is 236 Å². The normalized spacial score (nSPS) is 11.2. The number of carbonyl (C=O) groups excluding carboxylic acids is 2. The second-order valence-electron chi connectivity index (χ2n) is 8.82. The van der Waals surface area contributed by atoms with Crippen molar-refractivity contribution >= 4 is 95.5 Å². The Morgan fingerprint density at radius 2 is 1.34 bits per heavy atom. The van der Waals surface area contributed by atoms with E-state index >= 15 is 0 Å². The molecule has 0 spiro atoms. The molecule has 0 aliphatic rings. The Hall–Kier alpha value is -3.12. The lowest BCUT2D eigenvalue weighted by atomic mass is 10.1. The Morgan fingerprint density at radius 1 is 0.789 bits per heavy atom. The summed E-state index contributed by atoms with van der Waals surface area (Å²) in [6, 6.07) is 15.4. The number of benzene rings is 3. The van der Waals surface area contributed by atoms with E-state index in [2.05, 4.69) is 32.7 Å². The van der Waals surface area contributed by atoms with Gasteiger partial charge < -0.3 is 16.4 Å². The average molecular weight is 580 g/mol. The number of hydrogen-bond donors (Lipinski definition) is 3. The van der Waals surface area contributed by atoms with Crippen LogP contribution in [0.1, 0.15) is 16.7 Å². The number of nitrogens with zero attached hydrogens (tertiary/aromatic N) is 2. The molecule has 7 nitrogen and oxygen atoms in total. The molecule has 11 heteroatoms. The second-order valence-corrected chi connectivity index (χ2v) is 13.3. The number of amides is 2. The zero-order valence-corrected chi connectivity index (χ0v) is 24.2. The van der Waals surface area contributed by atoms with Gasteiger partial charge in [0.15, 0.2) is 8.68 Å². The first-order chi connectivity index (χ1) is 18.2. The van der Waals surface area contributed by atoms with Crippen LogP contribution < -0.4 is 16.4 Å². The molecule has 0 atom stereocenters. The Kier molecular flexibility index (Phi) is 7.89. The lowest BCUT2D eigenvalue weighted by molar-refractivity contribution is -0.114. The molecule has 0 aliphatic heterocycles. The number of nitrogen functional groups attached to an aromatic ring is 1. The van der Waals surface area contributed by atoms with Crippen molar-refractivity contribution in [2.75, 3.05) is 27.9 Å². The van der Waals surface area contributed by atoms with E-state index in [1.54, 1.807) is 0 Å². The molecule has 4 N–H and O–H groups in total. The van der Waals surface area contributed by atoms with E-state index in [4.69, 9.17) is 5.73 Å². The quantitative estimate of drug-likeness (QED) is 0.136. The molecule has 0 saturated carbocycles. The summed E-state index contributed by atoms with van der Waals surface area (Å²) < 4.78 is 3.60. The molecule has 0 saturated heterocycles. The Balaban J connectivity index is 1.16. The summed E-state index contributed by atoms with van der Waals surface area (Å²) in [4.78, 5) is 34.3. The van der Waals surface area contributed by atoms with Gasteiger partial charge in [0.05, 0.1) is 31.9 Å². The Bertz CT molecular complexity index is 1650. The van der Waals surface area contributed by atoms with Crippen molar-refractivity contribution in [2.45, 2.75) is 29.5 Å². The molecule has 38 heavy (non-hydrogen) atoms. The lowest BCUT2D eigenvalue weighted by Gasteiger charge is -2.12. The third-order valence-electron chi connectivity index (χ3n) is 5.64. The van der Waals surface area contributed by atoms with Crippen LogP contribution in [-0.2, 0) is 9.59 Å². The van der Waals surface area contributed by atoms with Gasteiger partial charge in [-0.05, 0) is 68.3 Å². The van der Waals surface area contributed by atoms with Gasteiger partial charge in [0.25, 0.3) is 0 Å². The van der Waals surface area contributed by atoms with Crippen molar-refractivity contribution in [3.8, 4) is 0 Å². The van der Waals surface area contributed by atoms with Crippen LogP contribution >= 0.6 is 46.2 Å². The van der Waals surface area contributed by atoms with Crippen LogP contribution in [0.3, 0.4) is 0 Å². The van der Waals surface area contributed by atoms with Crippen LogP contribution in [0.15, 0.2) is 57.2 Å². The maximum Gasteiger partial charge on any atom is 0.234 e. The molecule has 0 aliphatic carbocycles. The third-order valence-corrected chi connectivity index (χ3v) is 9.96. The van der Waals surface area contributed by atoms with Crippen LogP contribution in [0.25, 0.3) is 20.4 Å². The molecule has 0 radical (unpaired) electrons. The molecule has 2 amide bonds. The number of aromatic nitrogens is 2. The minimum atomic E-state index is -0.106.